The van der Waals surface area contributed by atoms with Gasteiger partial charge in [0.2, 0.25) is 0 Å². The van der Waals surface area contributed by atoms with E-state index in [0.717, 1.165) is 38.5 Å². The number of esters is 2. The van der Waals surface area contributed by atoms with Crippen LogP contribution < -0.4 is 0 Å². The largest absolute Gasteiger partial charge is 0.463 e. The maximum absolute atomic E-state index is 11.9. The minimum Gasteiger partial charge on any atom is -0.463 e. The number of hydrogen-bond acceptors (Lipinski definition) is 4. The predicted molar refractivity (Wildman–Crippen MR) is 109 cm³/mol. The van der Waals surface area contributed by atoms with Crippen LogP contribution in [0.2, 0.25) is 0 Å². The average molecular weight is 381 g/mol. The number of rotatable bonds is 14. The van der Waals surface area contributed by atoms with Gasteiger partial charge in [0.25, 0.3) is 0 Å². The van der Waals surface area contributed by atoms with Gasteiger partial charge in [-0.2, -0.15) is 0 Å². The van der Waals surface area contributed by atoms with E-state index < -0.39 is 11.9 Å². The summed E-state index contributed by atoms with van der Waals surface area (Å²) in [6.45, 7) is 4.79. The van der Waals surface area contributed by atoms with Gasteiger partial charge in [-0.25, -0.2) is 9.59 Å². The molecule has 4 nitrogen and oxygen atoms in total. The third-order valence-electron chi connectivity index (χ3n) is 5.48. The fourth-order valence-corrected chi connectivity index (χ4v) is 3.75. The summed E-state index contributed by atoms with van der Waals surface area (Å²) in [5.41, 5.74) is 0. The molecule has 1 aliphatic carbocycles. The summed E-state index contributed by atoms with van der Waals surface area (Å²) >= 11 is 0. The Kier molecular flexibility index (Phi) is 13.8. The molecule has 0 aliphatic heterocycles. The summed E-state index contributed by atoms with van der Waals surface area (Å²) in [7, 11) is 0. The fraction of sp³-hybridized carbons (Fsp3) is 0.826. The van der Waals surface area contributed by atoms with E-state index >= 15 is 0 Å². The van der Waals surface area contributed by atoms with E-state index in [9.17, 15) is 9.59 Å². The van der Waals surface area contributed by atoms with Crippen LogP contribution >= 0.6 is 0 Å². The molecule has 0 N–H and O–H groups in total. The molecule has 1 aliphatic rings. The third-order valence-corrected chi connectivity index (χ3v) is 5.48. The lowest BCUT2D eigenvalue weighted by molar-refractivity contribution is -0.148. The van der Waals surface area contributed by atoms with Gasteiger partial charge in [-0.1, -0.05) is 71.6 Å². The lowest BCUT2D eigenvalue weighted by Gasteiger charge is -2.29. The van der Waals surface area contributed by atoms with Gasteiger partial charge in [0.15, 0.2) is 0 Å². The van der Waals surface area contributed by atoms with Crippen LogP contribution in [-0.4, -0.2) is 24.6 Å². The van der Waals surface area contributed by atoms with E-state index in [2.05, 4.69) is 13.8 Å². The van der Waals surface area contributed by atoms with Crippen molar-refractivity contribution in [3.63, 3.8) is 0 Å². The maximum Gasteiger partial charge on any atom is 0.331 e. The van der Waals surface area contributed by atoms with Crippen molar-refractivity contribution in [1.82, 2.24) is 0 Å². The minimum absolute atomic E-state index is 0.00103. The van der Waals surface area contributed by atoms with Crippen LogP contribution in [0.4, 0.5) is 0 Å². The highest BCUT2D eigenvalue weighted by atomic mass is 16.5. The van der Waals surface area contributed by atoms with Crippen LogP contribution in [0.3, 0.4) is 0 Å². The Morgan fingerprint density at radius 2 is 1.41 bits per heavy atom. The Morgan fingerprint density at radius 1 is 0.815 bits per heavy atom. The molecule has 0 spiro atoms. The number of unbranched alkanes of at least 4 members (excludes halogenated alkanes) is 8. The summed E-state index contributed by atoms with van der Waals surface area (Å²) in [5, 5.41) is 0. The number of hydrogen-bond donors (Lipinski definition) is 0. The number of carbonyl (C=O) groups is 2. The van der Waals surface area contributed by atoms with Crippen molar-refractivity contribution in [2.75, 3.05) is 6.61 Å². The average Bonchev–Trinajstić information content (AvgIpc) is 2.68. The van der Waals surface area contributed by atoms with Gasteiger partial charge < -0.3 is 9.47 Å². The molecule has 0 aromatic heterocycles. The zero-order chi connectivity index (χ0) is 19.7. The molecule has 27 heavy (non-hydrogen) atoms. The molecule has 156 valence electrons. The zero-order valence-corrected chi connectivity index (χ0v) is 17.5. The molecule has 0 saturated heterocycles. The molecule has 1 saturated carbocycles. The molecule has 0 amide bonds. The van der Waals surface area contributed by atoms with Gasteiger partial charge in [0.1, 0.15) is 6.10 Å². The molecule has 0 radical (unpaired) electrons. The van der Waals surface area contributed by atoms with E-state index in [1.165, 1.54) is 63.5 Å². The van der Waals surface area contributed by atoms with Crippen LogP contribution in [0.25, 0.3) is 0 Å². The van der Waals surface area contributed by atoms with Crippen LogP contribution in [-0.2, 0) is 19.1 Å². The summed E-state index contributed by atoms with van der Waals surface area (Å²) in [4.78, 5) is 23.6. The first-order chi connectivity index (χ1) is 13.2. The molecule has 1 rings (SSSR count). The zero-order valence-electron chi connectivity index (χ0n) is 17.5. The van der Waals surface area contributed by atoms with Gasteiger partial charge in [-0.05, 0) is 38.0 Å². The van der Waals surface area contributed by atoms with Crippen molar-refractivity contribution in [2.45, 2.75) is 110 Å². The lowest BCUT2D eigenvalue weighted by Crippen LogP contribution is -2.29. The first kappa shape index (κ1) is 23.7. The van der Waals surface area contributed by atoms with Crippen molar-refractivity contribution in [3.8, 4) is 0 Å². The highest BCUT2D eigenvalue weighted by molar-refractivity contribution is 5.91. The first-order valence-electron chi connectivity index (χ1n) is 11.2. The Hall–Kier alpha value is -1.32. The van der Waals surface area contributed by atoms with Gasteiger partial charge in [0.05, 0.1) is 6.61 Å². The molecule has 0 aromatic rings. The molecule has 2 atom stereocenters. The van der Waals surface area contributed by atoms with Crippen molar-refractivity contribution in [1.29, 1.82) is 0 Å². The second-order valence-electron chi connectivity index (χ2n) is 7.76. The van der Waals surface area contributed by atoms with Crippen molar-refractivity contribution >= 4 is 11.9 Å². The van der Waals surface area contributed by atoms with Gasteiger partial charge in [0, 0.05) is 12.2 Å². The normalized spacial score (nSPS) is 19.9. The molecular weight excluding hydrogens is 340 g/mol. The van der Waals surface area contributed by atoms with Gasteiger partial charge in [-0.15, -0.1) is 0 Å². The highest BCUT2D eigenvalue weighted by Crippen LogP contribution is 2.29. The van der Waals surface area contributed by atoms with Crippen LogP contribution in [0.15, 0.2) is 12.2 Å². The highest BCUT2D eigenvalue weighted by Gasteiger charge is 2.26. The topological polar surface area (TPSA) is 52.6 Å². The minimum atomic E-state index is -0.456. The number of carbonyl (C=O) groups excluding carboxylic acids is 2. The van der Waals surface area contributed by atoms with Gasteiger partial charge in [-0.3, -0.25) is 0 Å². The summed E-state index contributed by atoms with van der Waals surface area (Å²) in [5.74, 6) is -0.433. The van der Waals surface area contributed by atoms with E-state index in [4.69, 9.17) is 9.47 Å². The quantitative estimate of drug-likeness (QED) is 0.207. The Morgan fingerprint density at radius 3 is 2.07 bits per heavy atom. The molecule has 0 heterocycles. The molecular formula is C23H40O4. The second kappa shape index (κ2) is 15.7. The SMILES string of the molecule is CCCCCCCCCCCOC(=O)/C=C/C(=O)OC1CCCCC1CC. The lowest BCUT2D eigenvalue weighted by atomic mass is 9.85. The summed E-state index contributed by atoms with van der Waals surface area (Å²) < 4.78 is 10.7. The van der Waals surface area contributed by atoms with Crippen molar-refractivity contribution < 1.29 is 19.1 Å². The van der Waals surface area contributed by atoms with Crippen molar-refractivity contribution in [2.24, 2.45) is 5.92 Å². The Bertz CT molecular complexity index is 430. The predicted octanol–water partition coefficient (Wildman–Crippen LogP) is 6.13. The van der Waals surface area contributed by atoms with E-state index in [-0.39, 0.29) is 6.10 Å². The molecule has 0 aromatic carbocycles. The van der Waals surface area contributed by atoms with E-state index in [1.807, 2.05) is 0 Å². The molecule has 0 bridgehead atoms. The van der Waals surface area contributed by atoms with Gasteiger partial charge >= 0.3 is 11.9 Å². The summed E-state index contributed by atoms with van der Waals surface area (Å²) in [6.07, 6.45) is 18.9. The van der Waals surface area contributed by atoms with E-state index in [1.54, 1.807) is 0 Å². The number of ether oxygens (including phenoxy) is 2. The molecule has 4 heteroatoms. The maximum atomic E-state index is 11.9. The van der Waals surface area contributed by atoms with E-state index in [0.29, 0.717) is 12.5 Å². The smallest absolute Gasteiger partial charge is 0.331 e. The van der Waals surface area contributed by atoms with Crippen LogP contribution in [0.1, 0.15) is 104 Å². The van der Waals surface area contributed by atoms with Crippen molar-refractivity contribution in [3.05, 3.63) is 12.2 Å². The van der Waals surface area contributed by atoms with Crippen LogP contribution in [0.5, 0.6) is 0 Å². The Balaban J connectivity index is 2.04. The molecule has 1 fully saturated rings. The fourth-order valence-electron chi connectivity index (χ4n) is 3.75. The molecule has 2 unspecified atom stereocenters. The first-order valence-corrected chi connectivity index (χ1v) is 11.2. The third kappa shape index (κ3) is 11.9. The Labute approximate surface area is 166 Å². The second-order valence-corrected chi connectivity index (χ2v) is 7.76. The monoisotopic (exact) mass is 380 g/mol. The van der Waals surface area contributed by atoms with Crippen LogP contribution in [0, 0.1) is 5.92 Å². The summed E-state index contributed by atoms with van der Waals surface area (Å²) in [6, 6.07) is 0. The standard InChI is InChI=1S/C23H40O4/c1-3-5-6-7-8-9-10-11-14-19-26-22(24)17-18-23(25)27-21-16-13-12-15-20(21)4-2/h17-18,20-21H,3-16,19H2,1-2H3/b18-17+.